The van der Waals surface area contributed by atoms with E-state index >= 15 is 0 Å². The van der Waals surface area contributed by atoms with Crippen LogP contribution >= 0.6 is 7.05 Å². The van der Waals surface area contributed by atoms with Gasteiger partial charge in [0.05, 0.1) is 0 Å². The second-order valence-corrected chi connectivity index (χ2v) is 13.6. The summed E-state index contributed by atoms with van der Waals surface area (Å²) in [7, 11) is -1.39. The molecule has 0 amide bonds. The summed E-state index contributed by atoms with van der Waals surface area (Å²) < 4.78 is 5.68. The van der Waals surface area contributed by atoms with Crippen LogP contribution in [-0.2, 0) is 21.7 Å². The first-order chi connectivity index (χ1) is 14.3. The van der Waals surface area contributed by atoms with Gasteiger partial charge in [0, 0.05) is 33.8 Å². The van der Waals surface area contributed by atoms with Crippen molar-refractivity contribution in [3.8, 4) is 0 Å². The molecule has 3 heteroatoms. The standard InChI is InChI=1S/C23H44NP.C5H8.Ti/c1-7-10-15-20(4)25(21(5)16-11-8-2,22(6)17-12-9-3)24-23-18-13-14-19-23;1-4-5(2)3;/h13-14,18,20-22H,7-12,15-17,19H2,1-6H3;4H,1-2H2,3H3;. The third-order valence-corrected chi connectivity index (χ3v) is 12.1. The number of allylic oxidation sites excluding steroid dienone is 5. The number of rotatable bonds is 14. The molecule has 0 aromatic heterocycles. The van der Waals surface area contributed by atoms with Crippen molar-refractivity contribution >= 4 is 7.05 Å². The van der Waals surface area contributed by atoms with Crippen LogP contribution in [-0.4, -0.2) is 17.0 Å². The average molecular weight is 482 g/mol. The van der Waals surface area contributed by atoms with E-state index in [-0.39, 0.29) is 21.7 Å². The number of hydrogen-bond acceptors (Lipinski definition) is 1. The van der Waals surface area contributed by atoms with E-state index in [1.54, 1.807) is 6.08 Å². The van der Waals surface area contributed by atoms with Crippen LogP contribution in [0.1, 0.15) is 113 Å². The molecule has 0 fully saturated rings. The Morgan fingerprint density at radius 3 is 1.61 bits per heavy atom. The molecule has 1 aliphatic carbocycles. The maximum absolute atomic E-state index is 5.68. The minimum absolute atomic E-state index is 0. The van der Waals surface area contributed by atoms with Crippen LogP contribution in [0.15, 0.2) is 53.5 Å². The minimum Gasteiger partial charge on any atom is -0.271 e. The molecule has 3 unspecified atom stereocenters. The first-order valence-corrected chi connectivity index (χ1v) is 14.5. The largest absolute Gasteiger partial charge is 0.271 e. The Morgan fingerprint density at radius 1 is 0.968 bits per heavy atom. The number of hydrogen-bond donors (Lipinski definition) is 0. The number of unbranched alkanes of at least 4 members (excludes halogenated alkanes) is 3. The van der Waals surface area contributed by atoms with Gasteiger partial charge in [-0.05, 0) is 56.3 Å². The van der Waals surface area contributed by atoms with Crippen LogP contribution < -0.4 is 0 Å². The molecule has 0 N–H and O–H groups in total. The van der Waals surface area contributed by atoms with Gasteiger partial charge in [0.1, 0.15) is 0 Å². The SMILES string of the molecule is C=CC(=C)C.CCCCC(C)P(=NC1=CC=CC1)(C(C)CCCC)C(C)CCCC.[Ti]. The van der Waals surface area contributed by atoms with Crippen LogP contribution in [0.4, 0.5) is 0 Å². The molecule has 0 heterocycles. The van der Waals surface area contributed by atoms with Crippen molar-refractivity contribution in [3.05, 3.63) is 48.7 Å². The Hall–Kier alpha value is -0.0957. The third-order valence-electron chi connectivity index (χ3n) is 6.45. The molecule has 0 aromatic rings. The maximum Gasteiger partial charge on any atom is 0.0425 e. The number of nitrogens with zero attached hydrogens (tertiary/aromatic N) is 1. The zero-order valence-corrected chi connectivity index (χ0v) is 24.4. The Labute approximate surface area is 211 Å². The molecule has 31 heavy (non-hydrogen) atoms. The summed E-state index contributed by atoms with van der Waals surface area (Å²) >= 11 is 0. The zero-order chi connectivity index (χ0) is 23.0. The summed E-state index contributed by atoms with van der Waals surface area (Å²) in [5, 5.41) is 0. The van der Waals surface area contributed by atoms with Gasteiger partial charge in [0.25, 0.3) is 0 Å². The van der Waals surface area contributed by atoms with Gasteiger partial charge < -0.3 is 0 Å². The smallest absolute Gasteiger partial charge is 0.0425 e. The molecule has 0 bridgehead atoms. The summed E-state index contributed by atoms with van der Waals surface area (Å²) in [6, 6.07) is 0. The predicted molar refractivity (Wildman–Crippen MR) is 143 cm³/mol. The van der Waals surface area contributed by atoms with E-state index in [9.17, 15) is 0 Å². The molecule has 0 aromatic carbocycles. The fourth-order valence-corrected chi connectivity index (χ4v) is 10.0. The fraction of sp³-hybridized carbons (Fsp3) is 0.714. The molecule has 178 valence electrons. The van der Waals surface area contributed by atoms with Crippen molar-refractivity contribution < 1.29 is 21.7 Å². The van der Waals surface area contributed by atoms with E-state index in [4.69, 9.17) is 4.74 Å². The van der Waals surface area contributed by atoms with Crippen molar-refractivity contribution in [2.45, 2.75) is 130 Å². The van der Waals surface area contributed by atoms with Crippen molar-refractivity contribution in [2.24, 2.45) is 4.74 Å². The van der Waals surface area contributed by atoms with E-state index < -0.39 is 7.05 Å². The quantitative estimate of drug-likeness (QED) is 0.133. The molecular weight excluding hydrogens is 429 g/mol. The Morgan fingerprint density at radius 2 is 1.35 bits per heavy atom. The van der Waals surface area contributed by atoms with Gasteiger partial charge in [0.2, 0.25) is 0 Å². The molecule has 1 aliphatic rings. The molecule has 0 aliphatic heterocycles. The first-order valence-electron chi connectivity index (χ1n) is 12.5. The summed E-state index contributed by atoms with van der Waals surface area (Å²) in [5.41, 5.74) is 4.70. The van der Waals surface area contributed by atoms with E-state index in [0.29, 0.717) is 0 Å². The predicted octanol–water partition coefficient (Wildman–Crippen LogP) is 10.5. The first kappa shape index (κ1) is 33.1. The van der Waals surface area contributed by atoms with Crippen LogP contribution in [0.2, 0.25) is 0 Å². The maximum atomic E-state index is 5.68. The third kappa shape index (κ3) is 12.1. The monoisotopic (exact) mass is 481 g/mol. The van der Waals surface area contributed by atoms with Gasteiger partial charge in [0.15, 0.2) is 0 Å². The molecule has 3 atom stereocenters. The van der Waals surface area contributed by atoms with Crippen LogP contribution in [0, 0.1) is 0 Å². The van der Waals surface area contributed by atoms with E-state index in [1.807, 2.05) is 6.92 Å². The van der Waals surface area contributed by atoms with Crippen LogP contribution in [0.25, 0.3) is 0 Å². The van der Waals surface area contributed by atoms with Gasteiger partial charge in [-0.15, -0.1) is 0 Å². The zero-order valence-electron chi connectivity index (χ0n) is 21.9. The second kappa shape index (κ2) is 19.4. The van der Waals surface area contributed by atoms with Crippen molar-refractivity contribution in [3.63, 3.8) is 0 Å². The summed E-state index contributed by atoms with van der Waals surface area (Å²) in [6.45, 7) is 23.5. The van der Waals surface area contributed by atoms with Gasteiger partial charge in [-0.2, -0.15) is 0 Å². The van der Waals surface area contributed by atoms with Gasteiger partial charge in [-0.3, -0.25) is 4.74 Å². The van der Waals surface area contributed by atoms with Crippen molar-refractivity contribution in [1.29, 1.82) is 0 Å². The van der Waals surface area contributed by atoms with Gasteiger partial charge in [-0.25, -0.2) is 0 Å². The Kier molecular flexibility index (Phi) is 20.7. The summed E-state index contributed by atoms with van der Waals surface area (Å²) in [4.78, 5) is 0. The molecule has 0 spiro atoms. The van der Waals surface area contributed by atoms with Crippen molar-refractivity contribution in [2.75, 3.05) is 0 Å². The summed E-state index contributed by atoms with van der Waals surface area (Å²) in [5.74, 6) is 0. The Bertz CT molecular complexity index is 559. The second-order valence-electron chi connectivity index (χ2n) is 9.21. The van der Waals surface area contributed by atoms with E-state index in [2.05, 4.69) is 72.9 Å². The molecule has 0 radical (unpaired) electrons. The van der Waals surface area contributed by atoms with Crippen molar-refractivity contribution in [1.82, 2.24) is 0 Å². The minimum atomic E-state index is -1.39. The fourth-order valence-electron chi connectivity index (χ4n) is 4.45. The molecule has 0 saturated heterocycles. The molecule has 1 nitrogen and oxygen atoms in total. The molecular formula is C28H52NPTi. The van der Waals surface area contributed by atoms with Crippen LogP contribution in [0.3, 0.4) is 0 Å². The van der Waals surface area contributed by atoms with Crippen LogP contribution in [0.5, 0.6) is 0 Å². The Balaban J connectivity index is 0. The van der Waals surface area contributed by atoms with Gasteiger partial charge >= 0.3 is 0 Å². The topological polar surface area (TPSA) is 12.4 Å². The van der Waals surface area contributed by atoms with Gasteiger partial charge in [-0.1, -0.05) is 117 Å². The molecule has 0 saturated carbocycles. The normalized spacial score (nSPS) is 17.2. The van der Waals surface area contributed by atoms with E-state index in [0.717, 1.165) is 29.0 Å². The molecule has 1 rings (SSSR count). The average Bonchev–Trinajstić information content (AvgIpc) is 3.25. The summed E-state index contributed by atoms with van der Waals surface area (Å²) in [6.07, 6.45) is 21.6. The van der Waals surface area contributed by atoms with E-state index in [1.165, 1.54) is 63.5 Å².